The third kappa shape index (κ3) is 4.20. The number of thiophene rings is 1. The lowest BCUT2D eigenvalue weighted by atomic mass is 9.86. The molecule has 1 atom stereocenters. The van der Waals surface area contributed by atoms with Crippen molar-refractivity contribution in [2.24, 2.45) is 5.92 Å². The molecule has 2 aliphatic carbocycles. The van der Waals surface area contributed by atoms with E-state index in [4.69, 9.17) is 0 Å². The van der Waals surface area contributed by atoms with Gasteiger partial charge in [0.05, 0.1) is 8.66 Å². The van der Waals surface area contributed by atoms with Crippen LogP contribution >= 0.6 is 27.3 Å². The fourth-order valence-electron chi connectivity index (χ4n) is 3.52. The second kappa shape index (κ2) is 7.56. The Morgan fingerprint density at radius 1 is 1.17 bits per heavy atom. The summed E-state index contributed by atoms with van der Waals surface area (Å²) in [5, 5.41) is 2.88. The third-order valence-corrected chi connectivity index (χ3v) is 6.71. The maximum atomic E-state index is 13.0. The zero-order valence-corrected chi connectivity index (χ0v) is 16.7. The van der Waals surface area contributed by atoms with E-state index in [0.29, 0.717) is 17.0 Å². The molecule has 0 aromatic carbocycles. The molecule has 1 aromatic rings. The standard InChI is InChI=1S/C18H25BrN2O2S/c1-11-3-5-13(6-4-11)21(14-7-8-14)18(23)12(2)20-17(22)15-9-10-16(19)24-15/h9-14H,3-8H2,1-2H3,(H,20,22). The van der Waals surface area contributed by atoms with E-state index < -0.39 is 6.04 Å². The Labute approximate surface area is 156 Å². The SMILES string of the molecule is CC1CCC(N(C(=O)C(C)NC(=O)c2ccc(Br)s2)C2CC2)CC1. The van der Waals surface area contributed by atoms with Gasteiger partial charge in [0.1, 0.15) is 6.04 Å². The first-order valence-electron chi connectivity index (χ1n) is 8.84. The minimum Gasteiger partial charge on any atom is -0.340 e. The average Bonchev–Trinajstić information content (AvgIpc) is 3.29. The summed E-state index contributed by atoms with van der Waals surface area (Å²) in [7, 11) is 0. The lowest BCUT2D eigenvalue weighted by molar-refractivity contribution is -0.136. The van der Waals surface area contributed by atoms with Gasteiger partial charge in [-0.3, -0.25) is 9.59 Å². The van der Waals surface area contributed by atoms with Crippen LogP contribution < -0.4 is 5.32 Å². The number of nitrogens with zero attached hydrogens (tertiary/aromatic N) is 1. The van der Waals surface area contributed by atoms with E-state index in [9.17, 15) is 9.59 Å². The zero-order chi connectivity index (χ0) is 17.3. The molecule has 0 aliphatic heterocycles. The highest BCUT2D eigenvalue weighted by Crippen LogP contribution is 2.35. The molecule has 3 rings (SSSR count). The quantitative estimate of drug-likeness (QED) is 0.787. The summed E-state index contributed by atoms with van der Waals surface area (Å²) >= 11 is 4.75. The molecule has 132 valence electrons. The molecule has 2 aliphatic rings. The molecule has 2 fully saturated rings. The lowest BCUT2D eigenvalue weighted by Gasteiger charge is -2.38. The highest BCUT2D eigenvalue weighted by Gasteiger charge is 2.40. The van der Waals surface area contributed by atoms with Crippen LogP contribution in [0.5, 0.6) is 0 Å². The largest absolute Gasteiger partial charge is 0.340 e. The van der Waals surface area contributed by atoms with Gasteiger partial charge >= 0.3 is 0 Å². The summed E-state index contributed by atoms with van der Waals surface area (Å²) < 4.78 is 0.919. The van der Waals surface area contributed by atoms with E-state index in [1.54, 1.807) is 6.07 Å². The minimum absolute atomic E-state index is 0.0843. The predicted octanol–water partition coefficient (Wildman–Crippen LogP) is 4.20. The monoisotopic (exact) mass is 412 g/mol. The summed E-state index contributed by atoms with van der Waals surface area (Å²) in [4.78, 5) is 28.0. The first-order chi connectivity index (χ1) is 11.5. The average molecular weight is 413 g/mol. The Kier molecular flexibility index (Phi) is 5.65. The maximum absolute atomic E-state index is 13.0. The van der Waals surface area contributed by atoms with E-state index in [-0.39, 0.29) is 11.8 Å². The van der Waals surface area contributed by atoms with Crippen molar-refractivity contribution in [3.05, 3.63) is 20.8 Å². The van der Waals surface area contributed by atoms with Crippen LogP contribution in [0.1, 0.15) is 62.0 Å². The summed E-state index contributed by atoms with van der Waals surface area (Å²) in [5.41, 5.74) is 0. The van der Waals surface area contributed by atoms with E-state index in [0.717, 1.165) is 35.4 Å². The van der Waals surface area contributed by atoms with Crippen LogP contribution in [0, 0.1) is 5.92 Å². The molecule has 0 spiro atoms. The number of carbonyl (C=O) groups is 2. The Morgan fingerprint density at radius 2 is 1.75 bits per heavy atom. The number of amides is 2. The van der Waals surface area contributed by atoms with Crippen molar-refractivity contribution >= 4 is 39.1 Å². The fourth-order valence-corrected chi connectivity index (χ4v) is 4.81. The molecular weight excluding hydrogens is 388 g/mol. The van der Waals surface area contributed by atoms with Gasteiger partial charge in [0.2, 0.25) is 5.91 Å². The molecule has 1 heterocycles. The molecule has 6 heteroatoms. The molecular formula is C18H25BrN2O2S. The molecule has 0 radical (unpaired) electrons. The van der Waals surface area contributed by atoms with E-state index in [1.165, 1.54) is 24.2 Å². The van der Waals surface area contributed by atoms with Crippen molar-refractivity contribution in [1.82, 2.24) is 10.2 Å². The van der Waals surface area contributed by atoms with Gasteiger partial charge in [-0.25, -0.2) is 0 Å². The van der Waals surface area contributed by atoms with Gasteiger partial charge in [-0.05, 0) is 79.4 Å². The number of hydrogen-bond acceptors (Lipinski definition) is 3. The van der Waals surface area contributed by atoms with Crippen LogP contribution in [0.3, 0.4) is 0 Å². The van der Waals surface area contributed by atoms with Gasteiger partial charge < -0.3 is 10.2 Å². The first kappa shape index (κ1) is 17.9. The number of hydrogen-bond donors (Lipinski definition) is 1. The van der Waals surface area contributed by atoms with Crippen molar-refractivity contribution in [3.63, 3.8) is 0 Å². The van der Waals surface area contributed by atoms with Gasteiger partial charge in [0, 0.05) is 12.1 Å². The van der Waals surface area contributed by atoms with Crippen LogP contribution in [0.4, 0.5) is 0 Å². The topological polar surface area (TPSA) is 49.4 Å². The Bertz CT molecular complexity index is 606. The molecule has 0 saturated heterocycles. The second-order valence-corrected chi connectivity index (χ2v) is 9.65. The molecule has 2 saturated carbocycles. The van der Waals surface area contributed by atoms with Crippen LogP contribution in [0.25, 0.3) is 0 Å². The first-order valence-corrected chi connectivity index (χ1v) is 10.4. The third-order valence-electron chi connectivity index (χ3n) is 5.09. The summed E-state index contributed by atoms with van der Waals surface area (Å²) in [5.74, 6) is 0.687. The van der Waals surface area contributed by atoms with Crippen LogP contribution in [-0.4, -0.2) is 34.8 Å². The van der Waals surface area contributed by atoms with Crippen molar-refractivity contribution in [3.8, 4) is 0 Å². The molecule has 2 amide bonds. The molecule has 1 unspecified atom stereocenters. The van der Waals surface area contributed by atoms with Crippen molar-refractivity contribution < 1.29 is 9.59 Å². The van der Waals surface area contributed by atoms with Crippen molar-refractivity contribution in [1.29, 1.82) is 0 Å². The van der Waals surface area contributed by atoms with Gasteiger partial charge in [-0.1, -0.05) is 6.92 Å². The van der Waals surface area contributed by atoms with Gasteiger partial charge in [0.15, 0.2) is 0 Å². The highest BCUT2D eigenvalue weighted by molar-refractivity contribution is 9.11. The number of nitrogens with one attached hydrogen (secondary N) is 1. The normalized spacial score (nSPS) is 25.1. The molecule has 4 nitrogen and oxygen atoms in total. The van der Waals surface area contributed by atoms with Crippen LogP contribution in [0.2, 0.25) is 0 Å². The summed E-state index contributed by atoms with van der Waals surface area (Å²) in [6.45, 7) is 4.10. The van der Waals surface area contributed by atoms with E-state index >= 15 is 0 Å². The van der Waals surface area contributed by atoms with E-state index in [1.807, 2.05) is 13.0 Å². The zero-order valence-electron chi connectivity index (χ0n) is 14.3. The number of carbonyl (C=O) groups excluding carboxylic acids is 2. The van der Waals surface area contributed by atoms with Crippen LogP contribution in [-0.2, 0) is 4.79 Å². The van der Waals surface area contributed by atoms with E-state index in [2.05, 4.69) is 33.1 Å². The summed E-state index contributed by atoms with van der Waals surface area (Å²) in [6, 6.07) is 3.91. The Balaban J connectivity index is 1.63. The molecule has 0 bridgehead atoms. The molecule has 24 heavy (non-hydrogen) atoms. The Hall–Kier alpha value is -0.880. The van der Waals surface area contributed by atoms with Crippen molar-refractivity contribution in [2.75, 3.05) is 0 Å². The predicted molar refractivity (Wildman–Crippen MR) is 100 cm³/mol. The number of rotatable bonds is 5. The van der Waals surface area contributed by atoms with Gasteiger partial charge in [-0.15, -0.1) is 11.3 Å². The van der Waals surface area contributed by atoms with Crippen molar-refractivity contribution in [2.45, 2.75) is 70.5 Å². The lowest BCUT2D eigenvalue weighted by Crippen LogP contribution is -2.52. The van der Waals surface area contributed by atoms with Gasteiger partial charge in [-0.2, -0.15) is 0 Å². The minimum atomic E-state index is -0.474. The van der Waals surface area contributed by atoms with Gasteiger partial charge in [0.25, 0.3) is 5.91 Å². The second-order valence-electron chi connectivity index (χ2n) is 7.19. The smallest absolute Gasteiger partial charge is 0.262 e. The number of halogens is 1. The van der Waals surface area contributed by atoms with Crippen LogP contribution in [0.15, 0.2) is 15.9 Å². The summed E-state index contributed by atoms with van der Waals surface area (Å²) in [6.07, 6.45) is 6.81. The molecule has 1 N–H and O–H groups in total. The Morgan fingerprint density at radius 3 is 2.25 bits per heavy atom. The maximum Gasteiger partial charge on any atom is 0.262 e. The highest BCUT2D eigenvalue weighted by atomic mass is 79.9. The molecule has 1 aromatic heterocycles. The fraction of sp³-hybridized carbons (Fsp3) is 0.667.